The van der Waals surface area contributed by atoms with E-state index in [1.807, 2.05) is 18.2 Å². The number of rotatable bonds is 10. The first-order chi connectivity index (χ1) is 12.6. The highest BCUT2D eigenvalue weighted by molar-refractivity contribution is 5.94. The Morgan fingerprint density at radius 1 is 1.04 bits per heavy atom. The molecule has 0 aliphatic carbocycles. The van der Waals surface area contributed by atoms with E-state index in [2.05, 4.69) is 29.3 Å². The molecule has 0 aromatic heterocycles. The normalized spacial score (nSPS) is 10.7. The molecule has 0 heterocycles. The summed E-state index contributed by atoms with van der Waals surface area (Å²) < 4.78 is 0. The van der Waals surface area contributed by atoms with Crippen LogP contribution >= 0.6 is 0 Å². The average molecular weight is 355 g/mol. The van der Waals surface area contributed by atoms with Crippen LogP contribution in [0.4, 0.5) is 5.69 Å². The van der Waals surface area contributed by atoms with E-state index < -0.39 is 4.92 Å². The van der Waals surface area contributed by atoms with Crippen LogP contribution in [0.25, 0.3) is 0 Å². The van der Waals surface area contributed by atoms with E-state index in [0.717, 1.165) is 32.5 Å². The molecule has 0 aliphatic heterocycles. The van der Waals surface area contributed by atoms with Gasteiger partial charge in [0.25, 0.3) is 11.6 Å². The molecule has 0 atom stereocenters. The fraction of sp³-hybridized carbons (Fsp3) is 0.350. The first-order valence-electron chi connectivity index (χ1n) is 8.89. The average Bonchev–Trinajstić information content (AvgIpc) is 2.67. The van der Waals surface area contributed by atoms with E-state index in [9.17, 15) is 14.9 Å². The number of amides is 1. The topological polar surface area (TPSA) is 75.5 Å². The molecule has 0 unspecified atom stereocenters. The first-order valence-corrected chi connectivity index (χ1v) is 8.89. The van der Waals surface area contributed by atoms with Gasteiger partial charge in [-0.25, -0.2) is 0 Å². The molecule has 2 aromatic rings. The van der Waals surface area contributed by atoms with Crippen molar-refractivity contribution in [2.45, 2.75) is 19.8 Å². The fourth-order valence-electron chi connectivity index (χ4n) is 2.75. The second-order valence-corrected chi connectivity index (χ2v) is 6.14. The van der Waals surface area contributed by atoms with Gasteiger partial charge in [0.2, 0.25) is 0 Å². The number of nitro groups is 1. The van der Waals surface area contributed by atoms with Crippen molar-refractivity contribution in [3.05, 3.63) is 75.8 Å². The van der Waals surface area contributed by atoms with Gasteiger partial charge in [-0.2, -0.15) is 0 Å². The van der Waals surface area contributed by atoms with Crippen LogP contribution in [0.1, 0.15) is 29.3 Å². The van der Waals surface area contributed by atoms with Crippen LogP contribution in [-0.4, -0.2) is 41.9 Å². The number of non-ortho nitro benzene ring substituents is 1. The molecule has 2 rings (SSSR count). The summed E-state index contributed by atoms with van der Waals surface area (Å²) in [7, 11) is 0. The molecule has 0 spiro atoms. The summed E-state index contributed by atoms with van der Waals surface area (Å²) in [6.07, 6.45) is 2.04. The van der Waals surface area contributed by atoms with E-state index in [-0.39, 0.29) is 11.6 Å². The van der Waals surface area contributed by atoms with Gasteiger partial charge in [0, 0.05) is 37.3 Å². The second-order valence-electron chi connectivity index (χ2n) is 6.14. The highest BCUT2D eigenvalue weighted by atomic mass is 16.6. The van der Waals surface area contributed by atoms with Crippen LogP contribution in [0, 0.1) is 10.1 Å². The van der Waals surface area contributed by atoms with Gasteiger partial charge in [0.15, 0.2) is 0 Å². The lowest BCUT2D eigenvalue weighted by Gasteiger charge is -2.22. The third-order valence-electron chi connectivity index (χ3n) is 4.15. The van der Waals surface area contributed by atoms with E-state index in [1.54, 1.807) is 0 Å². The molecule has 6 heteroatoms. The van der Waals surface area contributed by atoms with Crippen molar-refractivity contribution in [2.75, 3.05) is 26.2 Å². The molecular weight excluding hydrogens is 330 g/mol. The molecular formula is C20H25N3O3. The van der Waals surface area contributed by atoms with Crippen LogP contribution < -0.4 is 5.32 Å². The van der Waals surface area contributed by atoms with Crippen molar-refractivity contribution in [3.63, 3.8) is 0 Å². The Morgan fingerprint density at radius 2 is 1.73 bits per heavy atom. The maximum Gasteiger partial charge on any atom is 0.269 e. The summed E-state index contributed by atoms with van der Waals surface area (Å²) in [6.45, 7) is 5.40. The lowest BCUT2D eigenvalue weighted by Crippen LogP contribution is -2.36. The van der Waals surface area contributed by atoms with Gasteiger partial charge in [-0.15, -0.1) is 0 Å². The van der Waals surface area contributed by atoms with Crippen molar-refractivity contribution in [3.8, 4) is 0 Å². The monoisotopic (exact) mass is 355 g/mol. The highest BCUT2D eigenvalue weighted by Gasteiger charge is 2.10. The van der Waals surface area contributed by atoms with Gasteiger partial charge >= 0.3 is 0 Å². The van der Waals surface area contributed by atoms with Crippen LogP contribution in [-0.2, 0) is 6.42 Å². The standard InChI is InChI=1S/C20H25N3O3/c1-2-14-22(15-12-17-6-4-3-5-7-17)16-13-21-20(24)18-8-10-19(11-9-18)23(25)26/h3-11H,2,12-16H2,1H3,(H,21,24). The zero-order valence-electron chi connectivity index (χ0n) is 15.1. The van der Waals surface area contributed by atoms with Crippen LogP contribution in [0.3, 0.4) is 0 Å². The minimum Gasteiger partial charge on any atom is -0.351 e. The molecule has 138 valence electrons. The van der Waals surface area contributed by atoms with E-state index >= 15 is 0 Å². The summed E-state index contributed by atoms with van der Waals surface area (Å²) in [4.78, 5) is 24.7. The van der Waals surface area contributed by atoms with Gasteiger partial charge in [-0.05, 0) is 37.1 Å². The molecule has 1 N–H and O–H groups in total. The second kappa shape index (κ2) is 10.3. The Labute approximate surface area is 154 Å². The highest BCUT2D eigenvalue weighted by Crippen LogP contribution is 2.11. The molecule has 0 fully saturated rings. The minimum atomic E-state index is -0.475. The van der Waals surface area contributed by atoms with Crippen molar-refractivity contribution >= 4 is 11.6 Å². The maximum atomic E-state index is 12.1. The van der Waals surface area contributed by atoms with Crippen molar-refractivity contribution in [2.24, 2.45) is 0 Å². The minimum absolute atomic E-state index is 0.0171. The molecule has 0 saturated heterocycles. The number of nitrogens with zero attached hydrogens (tertiary/aromatic N) is 2. The van der Waals surface area contributed by atoms with Crippen LogP contribution in [0.2, 0.25) is 0 Å². The summed E-state index contributed by atoms with van der Waals surface area (Å²) >= 11 is 0. The Kier molecular flexibility index (Phi) is 7.76. The molecule has 0 radical (unpaired) electrons. The van der Waals surface area contributed by atoms with Crippen LogP contribution in [0.15, 0.2) is 54.6 Å². The predicted octanol–water partition coefficient (Wildman–Crippen LogP) is 3.28. The SMILES string of the molecule is CCCN(CCNC(=O)c1ccc([N+](=O)[O-])cc1)CCc1ccccc1. The number of carbonyl (C=O) groups is 1. The van der Waals surface area contributed by atoms with Gasteiger partial charge in [0.1, 0.15) is 0 Å². The summed E-state index contributed by atoms with van der Waals surface area (Å²) in [5, 5.41) is 13.5. The lowest BCUT2D eigenvalue weighted by atomic mass is 10.1. The number of nitrogens with one attached hydrogen (secondary N) is 1. The van der Waals surface area contributed by atoms with E-state index in [1.165, 1.54) is 29.8 Å². The van der Waals surface area contributed by atoms with Gasteiger partial charge < -0.3 is 10.2 Å². The molecule has 0 saturated carbocycles. The van der Waals surface area contributed by atoms with E-state index in [4.69, 9.17) is 0 Å². The smallest absolute Gasteiger partial charge is 0.269 e. The number of carbonyl (C=O) groups excluding carboxylic acids is 1. The molecule has 0 aliphatic rings. The Hall–Kier alpha value is -2.73. The first kappa shape index (κ1) is 19.6. The predicted molar refractivity (Wildman–Crippen MR) is 102 cm³/mol. The zero-order valence-corrected chi connectivity index (χ0v) is 15.1. The van der Waals surface area contributed by atoms with Crippen molar-refractivity contribution < 1.29 is 9.72 Å². The third kappa shape index (κ3) is 6.29. The molecule has 0 bridgehead atoms. The van der Waals surface area contributed by atoms with Crippen molar-refractivity contribution in [1.82, 2.24) is 10.2 Å². The molecule has 6 nitrogen and oxygen atoms in total. The summed E-state index contributed by atoms with van der Waals surface area (Å²) in [5.74, 6) is -0.209. The van der Waals surface area contributed by atoms with Gasteiger partial charge in [-0.3, -0.25) is 14.9 Å². The molecule has 26 heavy (non-hydrogen) atoms. The van der Waals surface area contributed by atoms with Gasteiger partial charge in [0.05, 0.1) is 4.92 Å². The largest absolute Gasteiger partial charge is 0.351 e. The Bertz CT molecular complexity index is 702. The quantitative estimate of drug-likeness (QED) is 0.524. The maximum absolute atomic E-state index is 12.1. The summed E-state index contributed by atoms with van der Waals surface area (Å²) in [5.41, 5.74) is 1.72. The Morgan fingerprint density at radius 3 is 2.35 bits per heavy atom. The van der Waals surface area contributed by atoms with E-state index in [0.29, 0.717) is 12.1 Å². The molecule has 1 amide bonds. The third-order valence-corrected chi connectivity index (χ3v) is 4.15. The number of hydrogen-bond donors (Lipinski definition) is 1. The lowest BCUT2D eigenvalue weighted by molar-refractivity contribution is -0.384. The van der Waals surface area contributed by atoms with Crippen LogP contribution in [0.5, 0.6) is 0 Å². The number of nitro benzene ring substituents is 1. The number of benzene rings is 2. The molecule has 2 aromatic carbocycles. The Balaban J connectivity index is 1.79. The summed E-state index contributed by atoms with van der Waals surface area (Å²) in [6, 6.07) is 16.0. The zero-order chi connectivity index (χ0) is 18.8. The van der Waals surface area contributed by atoms with Crippen molar-refractivity contribution in [1.29, 1.82) is 0 Å². The van der Waals surface area contributed by atoms with Gasteiger partial charge in [-0.1, -0.05) is 37.3 Å². The fourth-order valence-corrected chi connectivity index (χ4v) is 2.75. The number of hydrogen-bond acceptors (Lipinski definition) is 4.